The molecule has 6 nitrogen and oxygen atoms in total. The summed E-state index contributed by atoms with van der Waals surface area (Å²) in [5.74, 6) is 0.761. The lowest BCUT2D eigenvalue weighted by molar-refractivity contribution is -0.137. The molecule has 1 unspecified atom stereocenters. The summed E-state index contributed by atoms with van der Waals surface area (Å²) >= 11 is 0. The van der Waals surface area contributed by atoms with Crippen molar-refractivity contribution in [1.29, 1.82) is 0 Å². The molecule has 0 radical (unpaired) electrons. The Bertz CT molecular complexity index is 855. The van der Waals surface area contributed by atoms with E-state index in [-0.39, 0.29) is 17.9 Å². The van der Waals surface area contributed by atoms with Crippen molar-refractivity contribution >= 4 is 11.8 Å². The number of unbranched alkanes of at least 4 members (excludes halogenated alkanes) is 4. The van der Waals surface area contributed by atoms with Crippen LogP contribution in [0.4, 0.5) is 0 Å². The van der Waals surface area contributed by atoms with E-state index in [0.29, 0.717) is 26.1 Å². The fourth-order valence-corrected chi connectivity index (χ4v) is 4.19. The number of carbonyl (C=O) groups excluding carboxylic acids is 2. The molecular formula is C27H37N3O3. The summed E-state index contributed by atoms with van der Waals surface area (Å²) in [4.78, 5) is 27.3. The van der Waals surface area contributed by atoms with Gasteiger partial charge >= 0.3 is 0 Å². The Balaban J connectivity index is 1.41. The van der Waals surface area contributed by atoms with Gasteiger partial charge < -0.3 is 20.7 Å². The summed E-state index contributed by atoms with van der Waals surface area (Å²) in [5, 5.41) is 3.03. The Hall–Kier alpha value is -2.86. The van der Waals surface area contributed by atoms with Crippen LogP contribution in [-0.2, 0) is 22.6 Å². The van der Waals surface area contributed by atoms with Crippen LogP contribution < -0.4 is 15.8 Å². The third-order valence-electron chi connectivity index (χ3n) is 6.08. The number of carbonyl (C=O) groups is 2. The molecule has 2 aromatic carbocycles. The van der Waals surface area contributed by atoms with E-state index in [9.17, 15) is 9.59 Å². The monoisotopic (exact) mass is 451 g/mol. The van der Waals surface area contributed by atoms with Gasteiger partial charge in [-0.3, -0.25) is 9.59 Å². The standard InChI is InChI=1S/C27H37N3O3/c28-17-7-2-1-3-8-18-29-27(32)25-12-9-19-30(25)26(31)20-22-13-15-24(16-14-22)33-21-23-10-5-4-6-11-23/h4-6,10-11,13-16,25H,1-3,7-9,12,17-21,28H2,(H,29,32). The number of rotatable bonds is 13. The van der Waals surface area contributed by atoms with E-state index in [1.165, 1.54) is 0 Å². The van der Waals surface area contributed by atoms with Gasteiger partial charge in [0.15, 0.2) is 0 Å². The lowest BCUT2D eigenvalue weighted by atomic mass is 10.1. The minimum Gasteiger partial charge on any atom is -0.489 e. The Morgan fingerprint density at radius 2 is 1.67 bits per heavy atom. The van der Waals surface area contributed by atoms with Gasteiger partial charge in [-0.15, -0.1) is 0 Å². The van der Waals surface area contributed by atoms with Crippen LogP contribution >= 0.6 is 0 Å². The highest BCUT2D eigenvalue weighted by atomic mass is 16.5. The number of nitrogens with one attached hydrogen (secondary N) is 1. The number of hydrogen-bond donors (Lipinski definition) is 2. The summed E-state index contributed by atoms with van der Waals surface area (Å²) in [6, 6.07) is 17.3. The third-order valence-corrected chi connectivity index (χ3v) is 6.08. The van der Waals surface area contributed by atoms with E-state index >= 15 is 0 Å². The molecule has 2 amide bonds. The molecule has 178 valence electrons. The van der Waals surface area contributed by atoms with E-state index in [0.717, 1.165) is 68.4 Å². The van der Waals surface area contributed by atoms with Crippen molar-refractivity contribution < 1.29 is 14.3 Å². The lowest BCUT2D eigenvalue weighted by Crippen LogP contribution is -2.46. The van der Waals surface area contributed by atoms with Gasteiger partial charge in [-0.2, -0.15) is 0 Å². The number of amides is 2. The van der Waals surface area contributed by atoms with Crippen molar-refractivity contribution in [1.82, 2.24) is 10.2 Å². The number of nitrogens with two attached hydrogens (primary N) is 1. The van der Waals surface area contributed by atoms with E-state index in [2.05, 4.69) is 5.32 Å². The molecule has 1 aliphatic rings. The molecule has 33 heavy (non-hydrogen) atoms. The zero-order chi connectivity index (χ0) is 23.3. The minimum atomic E-state index is -0.344. The Morgan fingerprint density at radius 1 is 0.939 bits per heavy atom. The van der Waals surface area contributed by atoms with Crippen LogP contribution in [-0.4, -0.2) is 42.4 Å². The average molecular weight is 452 g/mol. The van der Waals surface area contributed by atoms with Crippen molar-refractivity contribution in [2.75, 3.05) is 19.6 Å². The number of nitrogens with zero attached hydrogens (tertiary/aromatic N) is 1. The highest BCUT2D eigenvalue weighted by Gasteiger charge is 2.33. The van der Waals surface area contributed by atoms with Gasteiger partial charge in [-0.1, -0.05) is 61.7 Å². The number of likely N-dealkylation sites (tertiary alicyclic amines) is 1. The minimum absolute atomic E-state index is 0.00684. The summed E-state index contributed by atoms with van der Waals surface area (Å²) in [7, 11) is 0. The fraction of sp³-hybridized carbons (Fsp3) is 0.481. The topological polar surface area (TPSA) is 84.7 Å². The number of ether oxygens (including phenoxy) is 1. The number of hydrogen-bond acceptors (Lipinski definition) is 4. The maximum atomic E-state index is 12.9. The highest BCUT2D eigenvalue weighted by Crippen LogP contribution is 2.20. The van der Waals surface area contributed by atoms with Gasteiger partial charge in [0.25, 0.3) is 0 Å². The zero-order valence-electron chi connectivity index (χ0n) is 19.5. The van der Waals surface area contributed by atoms with Crippen LogP contribution in [0.5, 0.6) is 5.75 Å². The normalized spacial score (nSPS) is 15.4. The van der Waals surface area contributed by atoms with Gasteiger partial charge in [-0.25, -0.2) is 0 Å². The molecule has 2 aromatic rings. The molecule has 1 heterocycles. The molecule has 0 bridgehead atoms. The largest absolute Gasteiger partial charge is 0.489 e. The second-order valence-corrected chi connectivity index (χ2v) is 8.69. The van der Waals surface area contributed by atoms with E-state index in [1.807, 2.05) is 54.6 Å². The predicted molar refractivity (Wildman–Crippen MR) is 131 cm³/mol. The van der Waals surface area contributed by atoms with E-state index in [1.54, 1.807) is 4.90 Å². The van der Waals surface area contributed by atoms with Gasteiger partial charge in [-0.05, 0) is 55.5 Å². The van der Waals surface area contributed by atoms with Gasteiger partial charge in [0.2, 0.25) is 11.8 Å². The van der Waals surface area contributed by atoms with E-state index in [4.69, 9.17) is 10.5 Å². The highest BCUT2D eigenvalue weighted by molar-refractivity contribution is 5.89. The molecule has 1 atom stereocenters. The fourth-order valence-electron chi connectivity index (χ4n) is 4.19. The number of benzene rings is 2. The molecule has 1 aliphatic heterocycles. The summed E-state index contributed by atoms with van der Waals surface area (Å²) in [5.41, 5.74) is 7.55. The molecule has 0 spiro atoms. The van der Waals surface area contributed by atoms with Gasteiger partial charge in [0, 0.05) is 13.1 Å². The van der Waals surface area contributed by atoms with Crippen molar-refractivity contribution in [2.45, 2.75) is 64.0 Å². The third kappa shape index (κ3) is 8.21. The SMILES string of the molecule is NCCCCCCCNC(=O)C1CCCN1C(=O)Cc1ccc(OCc2ccccc2)cc1. The predicted octanol–water partition coefficient (Wildman–Crippen LogP) is 3.82. The maximum Gasteiger partial charge on any atom is 0.242 e. The van der Waals surface area contributed by atoms with Crippen LogP contribution in [0, 0.1) is 0 Å². The molecule has 0 aromatic heterocycles. The molecule has 1 saturated heterocycles. The lowest BCUT2D eigenvalue weighted by Gasteiger charge is -2.24. The summed E-state index contributed by atoms with van der Waals surface area (Å²) in [6.45, 7) is 2.57. The first-order chi connectivity index (χ1) is 16.2. The molecule has 0 saturated carbocycles. The van der Waals surface area contributed by atoms with Gasteiger partial charge in [0.1, 0.15) is 18.4 Å². The average Bonchev–Trinajstić information content (AvgIpc) is 3.34. The molecule has 3 rings (SSSR count). The molecule has 3 N–H and O–H groups in total. The Labute approximate surface area is 197 Å². The van der Waals surface area contributed by atoms with Crippen molar-refractivity contribution in [3.05, 3.63) is 65.7 Å². The molecule has 1 fully saturated rings. The van der Waals surface area contributed by atoms with Gasteiger partial charge in [0.05, 0.1) is 6.42 Å². The first-order valence-electron chi connectivity index (χ1n) is 12.2. The van der Waals surface area contributed by atoms with Crippen LogP contribution in [0.3, 0.4) is 0 Å². The van der Waals surface area contributed by atoms with Crippen LogP contribution in [0.25, 0.3) is 0 Å². The van der Waals surface area contributed by atoms with Crippen molar-refractivity contribution in [3.63, 3.8) is 0 Å². The smallest absolute Gasteiger partial charge is 0.242 e. The quantitative estimate of drug-likeness (QED) is 0.454. The van der Waals surface area contributed by atoms with Crippen LogP contribution in [0.2, 0.25) is 0 Å². The molecule has 0 aliphatic carbocycles. The maximum absolute atomic E-state index is 12.9. The van der Waals surface area contributed by atoms with E-state index < -0.39 is 0 Å². The zero-order valence-corrected chi connectivity index (χ0v) is 19.5. The first kappa shape index (κ1) is 24.8. The van der Waals surface area contributed by atoms with Crippen LogP contribution in [0.1, 0.15) is 56.1 Å². The summed E-state index contributed by atoms with van der Waals surface area (Å²) < 4.78 is 5.82. The first-order valence-corrected chi connectivity index (χ1v) is 12.2. The Kier molecular flexibility index (Phi) is 10.2. The van der Waals surface area contributed by atoms with Crippen molar-refractivity contribution in [3.8, 4) is 5.75 Å². The van der Waals surface area contributed by atoms with Crippen molar-refractivity contribution in [2.24, 2.45) is 5.73 Å². The molecular weight excluding hydrogens is 414 g/mol. The second-order valence-electron chi connectivity index (χ2n) is 8.69. The molecule has 6 heteroatoms. The van der Waals surface area contributed by atoms with Crippen LogP contribution in [0.15, 0.2) is 54.6 Å². The summed E-state index contributed by atoms with van der Waals surface area (Å²) in [6.07, 6.45) is 7.33. The Morgan fingerprint density at radius 3 is 2.42 bits per heavy atom. The second kappa shape index (κ2) is 13.6.